The molecule has 6 nitrogen and oxygen atoms in total. The Morgan fingerprint density at radius 3 is 2.83 bits per heavy atom. The van der Waals surface area contributed by atoms with E-state index in [1.165, 1.54) is 0 Å². The lowest BCUT2D eigenvalue weighted by atomic mass is 10.3. The third-order valence-electron chi connectivity index (χ3n) is 2.95. The molecule has 1 aromatic rings. The van der Waals surface area contributed by atoms with E-state index in [2.05, 4.69) is 5.32 Å². The van der Waals surface area contributed by atoms with Crippen molar-refractivity contribution < 1.29 is 27.9 Å². The highest BCUT2D eigenvalue weighted by Gasteiger charge is 2.29. The van der Waals surface area contributed by atoms with Crippen LogP contribution in [0.15, 0.2) is 29.3 Å². The number of anilines is 1. The molecule has 0 aromatic heterocycles. The highest BCUT2D eigenvalue weighted by atomic mass is 32.2. The first kappa shape index (κ1) is 17.9. The van der Waals surface area contributed by atoms with Gasteiger partial charge in [-0.1, -0.05) is 11.8 Å². The van der Waals surface area contributed by atoms with Crippen LogP contribution in [0.1, 0.15) is 6.92 Å². The van der Waals surface area contributed by atoms with Gasteiger partial charge in [0, 0.05) is 6.07 Å². The summed E-state index contributed by atoms with van der Waals surface area (Å²) in [5.41, 5.74) is -0.198. The Hall–Kier alpha value is -2.42. The smallest absolute Gasteiger partial charge is 0.333 e. The summed E-state index contributed by atoms with van der Waals surface area (Å²) in [5, 5.41) is 2.54. The van der Waals surface area contributed by atoms with Gasteiger partial charge in [0.1, 0.15) is 18.2 Å². The number of esters is 1. The van der Waals surface area contributed by atoms with Gasteiger partial charge in [0.15, 0.2) is 0 Å². The molecule has 2 rings (SSSR count). The zero-order valence-corrected chi connectivity index (χ0v) is 13.5. The Labute approximate surface area is 140 Å². The molecule has 2 amide bonds. The molecule has 128 valence electrons. The number of amides is 2. The summed E-state index contributed by atoms with van der Waals surface area (Å²) >= 11 is 1.10. The van der Waals surface area contributed by atoms with Gasteiger partial charge in [-0.2, -0.15) is 0 Å². The van der Waals surface area contributed by atoms with E-state index in [4.69, 9.17) is 4.74 Å². The zero-order chi connectivity index (χ0) is 17.7. The summed E-state index contributed by atoms with van der Waals surface area (Å²) in [4.78, 5) is 36.4. The number of benzene rings is 1. The summed E-state index contributed by atoms with van der Waals surface area (Å²) in [5.74, 6) is -3.26. The fourth-order valence-corrected chi connectivity index (χ4v) is 2.84. The van der Waals surface area contributed by atoms with Gasteiger partial charge in [-0.3, -0.25) is 14.5 Å². The number of nitrogens with one attached hydrogen (secondary N) is 1. The third-order valence-corrected chi connectivity index (χ3v) is 3.97. The van der Waals surface area contributed by atoms with E-state index in [0.29, 0.717) is 6.07 Å². The van der Waals surface area contributed by atoms with Gasteiger partial charge in [0.25, 0.3) is 0 Å². The maximum Gasteiger partial charge on any atom is 0.333 e. The molecule has 9 heteroatoms. The first-order valence-electron chi connectivity index (χ1n) is 6.97. The molecule has 0 atom stereocenters. The van der Waals surface area contributed by atoms with Crippen molar-refractivity contribution in [3.05, 3.63) is 40.9 Å². The summed E-state index contributed by atoms with van der Waals surface area (Å²) < 4.78 is 31.1. The van der Waals surface area contributed by atoms with Crippen LogP contribution in [0.5, 0.6) is 0 Å². The van der Waals surface area contributed by atoms with Crippen LogP contribution in [0.2, 0.25) is 0 Å². The number of ether oxygens (including phenoxy) is 1. The van der Waals surface area contributed by atoms with Gasteiger partial charge in [-0.05, 0) is 19.1 Å². The van der Waals surface area contributed by atoms with Crippen LogP contribution in [-0.4, -0.2) is 41.6 Å². The fraction of sp³-hybridized carbons (Fsp3) is 0.267. The molecule has 1 aromatic carbocycles. The number of hydrogen-bond donors (Lipinski definition) is 1. The summed E-state index contributed by atoms with van der Waals surface area (Å²) in [7, 11) is 0. The second-order valence-electron chi connectivity index (χ2n) is 4.68. The lowest BCUT2D eigenvalue weighted by molar-refractivity contribution is -0.137. The third kappa shape index (κ3) is 4.54. The average molecular weight is 356 g/mol. The molecule has 1 N–H and O–H groups in total. The normalized spacial score (nSPS) is 15.7. The van der Waals surface area contributed by atoms with Crippen LogP contribution < -0.4 is 5.32 Å². The maximum atomic E-state index is 13.5. The lowest BCUT2D eigenvalue weighted by Crippen LogP contribution is -2.34. The summed E-state index contributed by atoms with van der Waals surface area (Å²) in [6, 6.07) is 2.72. The molecule has 0 spiro atoms. The number of nitrogens with zero attached hydrogens (tertiary/aromatic N) is 1. The average Bonchev–Trinajstić information content (AvgIpc) is 2.83. The van der Waals surface area contributed by atoms with E-state index in [1.807, 2.05) is 0 Å². The molecular formula is C15H14F2N2O4S. The lowest BCUT2D eigenvalue weighted by Gasteiger charge is -2.16. The van der Waals surface area contributed by atoms with Gasteiger partial charge in [-0.25, -0.2) is 13.6 Å². The van der Waals surface area contributed by atoms with E-state index in [-0.39, 0.29) is 29.0 Å². The monoisotopic (exact) mass is 356 g/mol. The Balaban J connectivity index is 2.05. The molecule has 0 bridgehead atoms. The highest BCUT2D eigenvalue weighted by molar-refractivity contribution is 8.04. The molecule has 1 aliphatic rings. The van der Waals surface area contributed by atoms with E-state index in [0.717, 1.165) is 34.9 Å². The minimum absolute atomic E-state index is 0.0867. The van der Waals surface area contributed by atoms with Crippen molar-refractivity contribution in [2.75, 3.05) is 24.2 Å². The Kier molecular flexibility index (Phi) is 5.91. The van der Waals surface area contributed by atoms with Gasteiger partial charge in [-0.15, -0.1) is 0 Å². The number of carbonyl (C=O) groups excluding carboxylic acids is 3. The molecule has 1 aliphatic heterocycles. The second-order valence-corrected chi connectivity index (χ2v) is 5.67. The van der Waals surface area contributed by atoms with Crippen molar-refractivity contribution in [2.24, 2.45) is 0 Å². The predicted octanol–water partition coefficient (Wildman–Crippen LogP) is 1.88. The SMILES string of the molecule is CCOC(=O)C=C1SCC(=O)N1CC(=O)Nc1ccc(F)cc1F. The maximum absolute atomic E-state index is 13.5. The molecule has 1 heterocycles. The van der Waals surface area contributed by atoms with Crippen molar-refractivity contribution in [3.63, 3.8) is 0 Å². The van der Waals surface area contributed by atoms with E-state index in [1.54, 1.807) is 6.92 Å². The zero-order valence-electron chi connectivity index (χ0n) is 12.7. The standard InChI is InChI=1S/C15H14F2N2O4S/c1-2-23-15(22)6-14-19(13(21)8-24-14)7-12(20)18-11-4-3-9(16)5-10(11)17/h3-6H,2,7-8H2,1H3,(H,18,20). The van der Waals surface area contributed by atoms with Crippen LogP contribution in [0, 0.1) is 11.6 Å². The first-order chi connectivity index (χ1) is 11.4. The molecule has 0 radical (unpaired) electrons. The summed E-state index contributed by atoms with van der Waals surface area (Å²) in [6.45, 7) is 1.44. The van der Waals surface area contributed by atoms with Crippen molar-refractivity contribution in [1.82, 2.24) is 4.90 Å². The quantitative estimate of drug-likeness (QED) is 0.644. The summed E-state index contributed by atoms with van der Waals surface area (Å²) in [6.07, 6.45) is 1.13. The Morgan fingerprint density at radius 1 is 1.42 bits per heavy atom. The Bertz CT molecular complexity index is 709. The van der Waals surface area contributed by atoms with Gasteiger partial charge in [0.2, 0.25) is 11.8 Å². The number of carbonyl (C=O) groups is 3. The Morgan fingerprint density at radius 2 is 2.17 bits per heavy atom. The van der Waals surface area contributed by atoms with Crippen LogP contribution in [0.3, 0.4) is 0 Å². The minimum Gasteiger partial charge on any atom is -0.463 e. The molecule has 0 aliphatic carbocycles. The molecular weight excluding hydrogens is 342 g/mol. The topological polar surface area (TPSA) is 75.7 Å². The number of halogens is 2. The van der Waals surface area contributed by atoms with E-state index in [9.17, 15) is 23.2 Å². The van der Waals surface area contributed by atoms with Gasteiger partial charge >= 0.3 is 5.97 Å². The van der Waals surface area contributed by atoms with E-state index < -0.39 is 30.1 Å². The first-order valence-corrected chi connectivity index (χ1v) is 7.95. The minimum atomic E-state index is -0.923. The number of hydrogen-bond acceptors (Lipinski definition) is 5. The molecule has 0 saturated carbocycles. The van der Waals surface area contributed by atoms with Crippen molar-refractivity contribution in [1.29, 1.82) is 0 Å². The second kappa shape index (κ2) is 7.91. The largest absolute Gasteiger partial charge is 0.463 e. The van der Waals surface area contributed by atoms with Crippen LogP contribution >= 0.6 is 11.8 Å². The van der Waals surface area contributed by atoms with Gasteiger partial charge < -0.3 is 10.1 Å². The number of thioether (sulfide) groups is 1. The predicted molar refractivity (Wildman–Crippen MR) is 83.9 cm³/mol. The van der Waals surface area contributed by atoms with E-state index >= 15 is 0 Å². The highest BCUT2D eigenvalue weighted by Crippen LogP contribution is 2.28. The number of rotatable bonds is 5. The van der Waals surface area contributed by atoms with Crippen molar-refractivity contribution in [3.8, 4) is 0 Å². The fourth-order valence-electron chi connectivity index (χ4n) is 1.91. The van der Waals surface area contributed by atoms with Crippen molar-refractivity contribution >= 4 is 35.2 Å². The molecule has 24 heavy (non-hydrogen) atoms. The van der Waals surface area contributed by atoms with Crippen LogP contribution in [-0.2, 0) is 19.1 Å². The van der Waals surface area contributed by atoms with Crippen molar-refractivity contribution in [2.45, 2.75) is 6.92 Å². The molecule has 0 unspecified atom stereocenters. The molecule has 1 saturated heterocycles. The molecule has 1 fully saturated rings. The van der Waals surface area contributed by atoms with Crippen LogP contribution in [0.25, 0.3) is 0 Å². The van der Waals surface area contributed by atoms with Gasteiger partial charge in [0.05, 0.1) is 29.2 Å². The van der Waals surface area contributed by atoms with Crippen LogP contribution in [0.4, 0.5) is 14.5 Å².